The molecular formula is C19H25N5O4S. The van der Waals surface area contributed by atoms with Crippen molar-refractivity contribution >= 4 is 23.6 Å². The quantitative estimate of drug-likeness (QED) is 0.675. The largest absolute Gasteiger partial charge is 0.497 e. The van der Waals surface area contributed by atoms with Crippen LogP contribution in [0.4, 0.5) is 0 Å². The number of methoxy groups -OCH3 is 1. The Kier molecular flexibility index (Phi) is 7.10. The molecule has 29 heavy (non-hydrogen) atoms. The summed E-state index contributed by atoms with van der Waals surface area (Å²) >= 11 is 1.34. The number of hydrogen-bond donors (Lipinski definition) is 1. The van der Waals surface area contributed by atoms with Crippen molar-refractivity contribution in [3.8, 4) is 5.75 Å². The Hall–Kier alpha value is -2.59. The Morgan fingerprint density at radius 3 is 2.59 bits per heavy atom. The van der Waals surface area contributed by atoms with Crippen molar-refractivity contribution in [3.05, 3.63) is 35.7 Å². The van der Waals surface area contributed by atoms with E-state index in [-0.39, 0.29) is 17.9 Å². The molecule has 1 unspecified atom stereocenters. The van der Waals surface area contributed by atoms with Crippen molar-refractivity contribution in [1.82, 2.24) is 25.0 Å². The van der Waals surface area contributed by atoms with Crippen LogP contribution in [-0.4, -0.2) is 70.6 Å². The minimum atomic E-state index is -0.341. The second-order valence-electron chi connectivity index (χ2n) is 6.61. The molecule has 3 rings (SSSR count). The lowest BCUT2D eigenvalue weighted by Gasteiger charge is -2.26. The molecule has 1 aliphatic heterocycles. The fourth-order valence-electron chi connectivity index (χ4n) is 2.95. The average Bonchev–Trinajstić information content (AvgIpc) is 3.13. The van der Waals surface area contributed by atoms with Crippen molar-refractivity contribution in [2.45, 2.75) is 18.1 Å². The highest BCUT2D eigenvalue weighted by atomic mass is 32.2. The van der Waals surface area contributed by atoms with E-state index in [1.165, 1.54) is 11.8 Å². The van der Waals surface area contributed by atoms with Gasteiger partial charge in [-0.15, -0.1) is 10.2 Å². The monoisotopic (exact) mass is 419 g/mol. The van der Waals surface area contributed by atoms with Crippen molar-refractivity contribution < 1.29 is 19.1 Å². The number of aromatic nitrogens is 3. The van der Waals surface area contributed by atoms with Crippen LogP contribution in [0.5, 0.6) is 5.75 Å². The molecule has 1 aromatic carbocycles. The smallest absolute Gasteiger partial charge is 0.251 e. The van der Waals surface area contributed by atoms with E-state index in [2.05, 4.69) is 15.5 Å². The number of hydrogen-bond acceptors (Lipinski definition) is 7. The van der Waals surface area contributed by atoms with Crippen LogP contribution in [0.3, 0.4) is 0 Å². The molecule has 1 aromatic heterocycles. The van der Waals surface area contributed by atoms with E-state index in [0.717, 1.165) is 0 Å². The third kappa shape index (κ3) is 5.27. The maximum Gasteiger partial charge on any atom is 0.251 e. The van der Waals surface area contributed by atoms with E-state index in [1.54, 1.807) is 40.8 Å². The average molecular weight is 420 g/mol. The SMILES string of the molecule is COc1ccc(C(=O)NC(C)c2nnc(SCC(=O)N3CCOCC3)n2C)cc1. The zero-order valence-corrected chi connectivity index (χ0v) is 17.6. The number of rotatable bonds is 7. The predicted octanol–water partition coefficient (Wildman–Crippen LogP) is 1.27. The number of carbonyl (C=O) groups is 2. The van der Waals surface area contributed by atoms with Gasteiger partial charge in [-0.3, -0.25) is 9.59 Å². The molecule has 0 aliphatic carbocycles. The van der Waals surface area contributed by atoms with E-state index in [9.17, 15) is 9.59 Å². The first kappa shape index (κ1) is 21.1. The van der Waals surface area contributed by atoms with Crippen LogP contribution in [0.25, 0.3) is 0 Å². The molecule has 1 saturated heterocycles. The molecule has 2 aromatic rings. The Labute approximate surface area is 173 Å². The molecule has 1 N–H and O–H groups in total. The van der Waals surface area contributed by atoms with Gasteiger partial charge in [0.1, 0.15) is 5.75 Å². The van der Waals surface area contributed by atoms with Crippen molar-refractivity contribution in [2.75, 3.05) is 39.2 Å². The summed E-state index contributed by atoms with van der Waals surface area (Å²) < 4.78 is 12.2. The van der Waals surface area contributed by atoms with E-state index in [4.69, 9.17) is 9.47 Å². The molecule has 0 spiro atoms. The van der Waals surface area contributed by atoms with Gasteiger partial charge in [-0.2, -0.15) is 0 Å². The normalized spacial score (nSPS) is 15.1. The molecule has 2 amide bonds. The van der Waals surface area contributed by atoms with Gasteiger partial charge in [0.05, 0.1) is 32.1 Å². The minimum absolute atomic E-state index is 0.0590. The number of amides is 2. The van der Waals surface area contributed by atoms with Crippen molar-refractivity contribution in [2.24, 2.45) is 7.05 Å². The van der Waals surface area contributed by atoms with E-state index in [0.29, 0.717) is 54.3 Å². The van der Waals surface area contributed by atoms with Crippen LogP contribution < -0.4 is 10.1 Å². The number of morpholine rings is 1. The summed E-state index contributed by atoms with van der Waals surface area (Å²) in [4.78, 5) is 26.6. The second kappa shape index (κ2) is 9.75. The first-order valence-electron chi connectivity index (χ1n) is 9.32. The van der Waals surface area contributed by atoms with Crippen LogP contribution in [0.15, 0.2) is 29.4 Å². The first-order chi connectivity index (χ1) is 14.0. The van der Waals surface area contributed by atoms with Crippen LogP contribution in [0.2, 0.25) is 0 Å². The van der Waals surface area contributed by atoms with Crippen LogP contribution in [-0.2, 0) is 16.6 Å². The molecule has 0 radical (unpaired) electrons. The zero-order chi connectivity index (χ0) is 20.8. The summed E-state index contributed by atoms with van der Waals surface area (Å²) in [5, 5.41) is 11.9. The number of nitrogens with zero attached hydrogens (tertiary/aromatic N) is 4. The zero-order valence-electron chi connectivity index (χ0n) is 16.8. The van der Waals surface area contributed by atoms with Gasteiger partial charge in [-0.1, -0.05) is 11.8 Å². The minimum Gasteiger partial charge on any atom is -0.497 e. The van der Waals surface area contributed by atoms with E-state index in [1.807, 2.05) is 14.0 Å². The maximum atomic E-state index is 12.5. The number of carbonyl (C=O) groups excluding carboxylic acids is 2. The Bertz CT molecular complexity index is 849. The molecule has 10 heteroatoms. The lowest BCUT2D eigenvalue weighted by atomic mass is 10.2. The summed E-state index contributed by atoms with van der Waals surface area (Å²) in [5.41, 5.74) is 0.533. The first-order valence-corrected chi connectivity index (χ1v) is 10.3. The summed E-state index contributed by atoms with van der Waals surface area (Å²) in [6.07, 6.45) is 0. The molecule has 2 heterocycles. The van der Waals surface area contributed by atoms with Gasteiger partial charge in [-0.25, -0.2) is 0 Å². The van der Waals surface area contributed by atoms with Gasteiger partial charge >= 0.3 is 0 Å². The number of benzene rings is 1. The Morgan fingerprint density at radius 2 is 1.93 bits per heavy atom. The molecule has 156 valence electrons. The molecule has 9 nitrogen and oxygen atoms in total. The number of ether oxygens (including phenoxy) is 2. The lowest BCUT2D eigenvalue weighted by molar-refractivity contribution is -0.132. The van der Waals surface area contributed by atoms with Gasteiger partial charge in [0.2, 0.25) is 5.91 Å². The Morgan fingerprint density at radius 1 is 1.24 bits per heavy atom. The van der Waals surface area contributed by atoms with Gasteiger partial charge < -0.3 is 24.3 Å². The third-order valence-electron chi connectivity index (χ3n) is 4.64. The van der Waals surface area contributed by atoms with Crippen LogP contribution in [0, 0.1) is 0 Å². The van der Waals surface area contributed by atoms with Crippen LogP contribution >= 0.6 is 11.8 Å². The van der Waals surface area contributed by atoms with Crippen LogP contribution in [0.1, 0.15) is 29.1 Å². The highest BCUT2D eigenvalue weighted by Gasteiger charge is 2.21. The van der Waals surface area contributed by atoms with Gasteiger partial charge in [0.25, 0.3) is 5.91 Å². The maximum absolute atomic E-state index is 12.5. The second-order valence-corrected chi connectivity index (χ2v) is 7.55. The summed E-state index contributed by atoms with van der Waals surface area (Å²) in [5.74, 6) is 1.45. The molecule has 1 fully saturated rings. The van der Waals surface area contributed by atoms with E-state index >= 15 is 0 Å². The molecule has 1 atom stereocenters. The predicted molar refractivity (Wildman–Crippen MR) is 108 cm³/mol. The number of thioether (sulfide) groups is 1. The van der Waals surface area contributed by atoms with Crippen molar-refractivity contribution in [1.29, 1.82) is 0 Å². The molecule has 0 bridgehead atoms. The number of nitrogens with one attached hydrogen (secondary N) is 1. The Balaban J connectivity index is 1.57. The highest BCUT2D eigenvalue weighted by Crippen LogP contribution is 2.20. The van der Waals surface area contributed by atoms with E-state index < -0.39 is 0 Å². The lowest BCUT2D eigenvalue weighted by Crippen LogP contribution is -2.41. The fourth-order valence-corrected chi connectivity index (χ4v) is 3.77. The van der Waals surface area contributed by atoms with Gasteiger partial charge in [0.15, 0.2) is 11.0 Å². The standard InChI is InChI=1S/C19H25N5O4S/c1-13(20-18(26)14-4-6-15(27-3)7-5-14)17-21-22-19(23(17)2)29-12-16(25)24-8-10-28-11-9-24/h4-7,13H,8-12H2,1-3H3,(H,20,26). The summed E-state index contributed by atoms with van der Waals surface area (Å²) in [6, 6.07) is 6.54. The molecular weight excluding hydrogens is 394 g/mol. The third-order valence-corrected chi connectivity index (χ3v) is 5.65. The fraction of sp³-hybridized carbons (Fsp3) is 0.474. The molecule has 1 aliphatic rings. The van der Waals surface area contributed by atoms with Crippen molar-refractivity contribution in [3.63, 3.8) is 0 Å². The summed E-state index contributed by atoms with van der Waals surface area (Å²) in [6.45, 7) is 4.25. The topological polar surface area (TPSA) is 98.6 Å². The molecule has 0 saturated carbocycles. The highest BCUT2D eigenvalue weighted by molar-refractivity contribution is 7.99. The van der Waals surface area contributed by atoms with Gasteiger partial charge in [-0.05, 0) is 31.2 Å². The van der Waals surface area contributed by atoms with Gasteiger partial charge in [0, 0.05) is 25.7 Å². The summed E-state index contributed by atoms with van der Waals surface area (Å²) in [7, 11) is 3.41.